The molecular formula is C27H21Cl2N5O3. The summed E-state index contributed by atoms with van der Waals surface area (Å²) in [6.45, 7) is 0.186. The molecule has 0 spiro atoms. The monoisotopic (exact) mass is 533 g/mol. The van der Waals surface area contributed by atoms with E-state index in [0.29, 0.717) is 38.8 Å². The van der Waals surface area contributed by atoms with Crippen molar-refractivity contribution < 1.29 is 9.90 Å². The zero-order valence-corrected chi connectivity index (χ0v) is 20.8. The maximum atomic E-state index is 12.8. The first-order valence-electron chi connectivity index (χ1n) is 11.3. The third-order valence-electron chi connectivity index (χ3n) is 5.82. The fraction of sp³-hybridized carbons (Fsp3) is 0.0741. The highest BCUT2D eigenvalue weighted by Gasteiger charge is 2.18. The molecule has 0 fully saturated rings. The van der Waals surface area contributed by atoms with Crippen molar-refractivity contribution in [3.05, 3.63) is 111 Å². The summed E-state index contributed by atoms with van der Waals surface area (Å²) in [4.78, 5) is 36.1. The molecule has 186 valence electrons. The Balaban J connectivity index is 1.44. The molecule has 1 unspecified atom stereocenters. The molecule has 1 amide bonds. The molecule has 10 heteroatoms. The van der Waals surface area contributed by atoms with Crippen molar-refractivity contribution in [2.45, 2.75) is 6.10 Å². The maximum absolute atomic E-state index is 12.8. The third kappa shape index (κ3) is 5.22. The summed E-state index contributed by atoms with van der Waals surface area (Å²) in [6.07, 6.45) is 0.751. The molecule has 0 radical (unpaired) electrons. The number of imidazole rings is 1. The van der Waals surface area contributed by atoms with Crippen LogP contribution in [0.25, 0.3) is 22.4 Å². The Bertz CT molecular complexity index is 1650. The lowest BCUT2D eigenvalue weighted by atomic mass is 10.1. The van der Waals surface area contributed by atoms with Gasteiger partial charge >= 0.3 is 0 Å². The van der Waals surface area contributed by atoms with Gasteiger partial charge in [-0.25, -0.2) is 4.98 Å². The summed E-state index contributed by atoms with van der Waals surface area (Å²) < 4.78 is 0. The van der Waals surface area contributed by atoms with Gasteiger partial charge in [0.25, 0.3) is 11.5 Å². The second-order valence-corrected chi connectivity index (χ2v) is 9.09. The Morgan fingerprint density at radius 2 is 1.78 bits per heavy atom. The van der Waals surface area contributed by atoms with Crippen LogP contribution < -0.4 is 16.2 Å². The quantitative estimate of drug-likeness (QED) is 0.185. The maximum Gasteiger partial charge on any atom is 0.261 e. The molecule has 0 saturated heterocycles. The molecule has 0 bridgehead atoms. The first-order valence-corrected chi connectivity index (χ1v) is 12.1. The molecule has 2 aromatic heterocycles. The molecule has 5 N–H and O–H groups in total. The van der Waals surface area contributed by atoms with Gasteiger partial charge in [0.1, 0.15) is 11.4 Å². The molecule has 3 aromatic carbocycles. The number of aromatic amines is 2. The van der Waals surface area contributed by atoms with E-state index in [1.54, 1.807) is 36.4 Å². The lowest BCUT2D eigenvalue weighted by Gasteiger charge is -2.14. The van der Waals surface area contributed by atoms with Crippen LogP contribution in [0.4, 0.5) is 11.4 Å². The van der Waals surface area contributed by atoms with Crippen LogP contribution in [0.5, 0.6) is 0 Å². The SMILES string of the molecule is O=C(Nc1cccc2nc(-c3c(NCC(O)c4ccccc4)cc[nH]c3=O)[nH]c12)c1ccc(Cl)c(Cl)c1. The van der Waals surface area contributed by atoms with Crippen LogP contribution in [-0.2, 0) is 0 Å². The van der Waals surface area contributed by atoms with E-state index < -0.39 is 6.10 Å². The summed E-state index contributed by atoms with van der Waals surface area (Å²) in [5.74, 6) is -0.0678. The van der Waals surface area contributed by atoms with E-state index in [-0.39, 0.29) is 28.6 Å². The number of nitrogens with zero attached hydrogens (tertiary/aromatic N) is 1. The number of benzene rings is 3. The van der Waals surface area contributed by atoms with Crippen LogP contribution in [0.1, 0.15) is 22.0 Å². The minimum absolute atomic E-state index is 0.186. The molecule has 8 nitrogen and oxygen atoms in total. The van der Waals surface area contributed by atoms with Gasteiger partial charge in [-0.05, 0) is 42.0 Å². The van der Waals surface area contributed by atoms with Gasteiger partial charge in [0.2, 0.25) is 0 Å². The lowest BCUT2D eigenvalue weighted by Crippen LogP contribution is -2.17. The average molecular weight is 534 g/mol. The normalized spacial score (nSPS) is 11.9. The number of fused-ring (bicyclic) bond motifs is 1. The van der Waals surface area contributed by atoms with Crippen LogP contribution in [0, 0.1) is 0 Å². The summed E-state index contributed by atoms with van der Waals surface area (Å²) in [6, 6.07) is 20.8. The number of aromatic nitrogens is 3. The number of hydrogen-bond donors (Lipinski definition) is 5. The van der Waals surface area contributed by atoms with Gasteiger partial charge in [0.15, 0.2) is 0 Å². The Labute approximate surface area is 221 Å². The molecule has 37 heavy (non-hydrogen) atoms. The second-order valence-electron chi connectivity index (χ2n) is 8.27. The Kier molecular flexibility index (Phi) is 6.96. The highest BCUT2D eigenvalue weighted by molar-refractivity contribution is 6.42. The van der Waals surface area contributed by atoms with Crippen molar-refractivity contribution >= 4 is 51.5 Å². The number of pyridine rings is 1. The molecule has 0 aliphatic rings. The van der Waals surface area contributed by atoms with E-state index >= 15 is 0 Å². The van der Waals surface area contributed by atoms with E-state index in [2.05, 4.69) is 25.6 Å². The predicted octanol–water partition coefficient (Wildman–Crippen LogP) is 5.62. The molecular weight excluding hydrogens is 513 g/mol. The molecule has 2 heterocycles. The van der Waals surface area contributed by atoms with Crippen LogP contribution in [0.3, 0.4) is 0 Å². The first-order chi connectivity index (χ1) is 17.9. The number of carbonyl (C=O) groups is 1. The number of hydrogen-bond acceptors (Lipinski definition) is 5. The van der Waals surface area contributed by atoms with Crippen LogP contribution >= 0.6 is 23.2 Å². The fourth-order valence-electron chi connectivity index (χ4n) is 3.95. The number of H-pyrrole nitrogens is 2. The van der Waals surface area contributed by atoms with Crippen molar-refractivity contribution in [3.63, 3.8) is 0 Å². The summed E-state index contributed by atoms with van der Waals surface area (Å²) in [7, 11) is 0. The number of rotatable bonds is 7. The third-order valence-corrected chi connectivity index (χ3v) is 6.55. The number of carbonyl (C=O) groups excluding carboxylic acids is 1. The lowest BCUT2D eigenvalue weighted by molar-refractivity contribution is 0.102. The number of aliphatic hydroxyl groups is 1. The van der Waals surface area contributed by atoms with Crippen LogP contribution in [0.15, 0.2) is 83.8 Å². The fourth-order valence-corrected chi connectivity index (χ4v) is 4.24. The number of halogens is 2. The zero-order valence-electron chi connectivity index (χ0n) is 19.3. The Morgan fingerprint density at radius 1 is 0.973 bits per heavy atom. The summed E-state index contributed by atoms with van der Waals surface area (Å²) >= 11 is 12.0. The van der Waals surface area contributed by atoms with Crippen molar-refractivity contribution in [2.75, 3.05) is 17.2 Å². The van der Waals surface area contributed by atoms with Gasteiger partial charge in [0.05, 0.1) is 38.6 Å². The smallest absolute Gasteiger partial charge is 0.261 e. The van der Waals surface area contributed by atoms with Gasteiger partial charge < -0.3 is 25.7 Å². The predicted molar refractivity (Wildman–Crippen MR) is 146 cm³/mol. The van der Waals surface area contributed by atoms with E-state index in [4.69, 9.17) is 23.2 Å². The number of aliphatic hydroxyl groups excluding tert-OH is 1. The van der Waals surface area contributed by atoms with Crippen molar-refractivity contribution in [3.8, 4) is 11.4 Å². The molecule has 5 aromatic rings. The Hall–Kier alpha value is -4.11. The standard InChI is InChI=1S/C27H21Cl2N5O3/c28-17-10-9-16(13-18(17)29)26(36)33-21-8-4-7-20-24(21)34-25(32-20)23-19(11-12-30-27(23)37)31-14-22(35)15-5-2-1-3-6-15/h1-13,22,35H,14H2,(H,32,34)(H,33,36)(H2,30,31,37). The number of nitrogens with one attached hydrogen (secondary N) is 4. The van der Waals surface area contributed by atoms with E-state index in [0.717, 1.165) is 5.56 Å². The second kappa shape index (κ2) is 10.5. The highest BCUT2D eigenvalue weighted by Crippen LogP contribution is 2.29. The van der Waals surface area contributed by atoms with E-state index in [1.165, 1.54) is 12.3 Å². The minimum Gasteiger partial charge on any atom is -0.387 e. The van der Waals surface area contributed by atoms with Crippen molar-refractivity contribution in [2.24, 2.45) is 0 Å². The van der Waals surface area contributed by atoms with Crippen LogP contribution in [0.2, 0.25) is 10.0 Å². The topological polar surface area (TPSA) is 123 Å². The van der Waals surface area contributed by atoms with Gasteiger partial charge in [-0.1, -0.05) is 59.6 Å². The van der Waals surface area contributed by atoms with Gasteiger partial charge in [-0.2, -0.15) is 0 Å². The van der Waals surface area contributed by atoms with Crippen molar-refractivity contribution in [1.29, 1.82) is 0 Å². The Morgan fingerprint density at radius 3 is 2.57 bits per heavy atom. The summed E-state index contributed by atoms with van der Waals surface area (Å²) in [5.41, 5.74) is 3.10. The average Bonchev–Trinajstić information content (AvgIpc) is 3.34. The number of anilines is 2. The van der Waals surface area contributed by atoms with Gasteiger partial charge in [-0.15, -0.1) is 0 Å². The van der Waals surface area contributed by atoms with Crippen molar-refractivity contribution in [1.82, 2.24) is 15.0 Å². The molecule has 0 aliphatic carbocycles. The van der Waals surface area contributed by atoms with Gasteiger partial charge in [0, 0.05) is 18.3 Å². The minimum atomic E-state index is -0.771. The number of amides is 1. The molecule has 0 aliphatic heterocycles. The first kappa shape index (κ1) is 24.6. The summed E-state index contributed by atoms with van der Waals surface area (Å²) in [5, 5.41) is 17.2. The van der Waals surface area contributed by atoms with E-state index in [1.807, 2.05) is 30.3 Å². The molecule has 1 atom stereocenters. The molecule has 5 rings (SSSR count). The number of para-hydroxylation sites is 1. The zero-order chi connectivity index (χ0) is 25.9. The van der Waals surface area contributed by atoms with Crippen LogP contribution in [-0.4, -0.2) is 32.5 Å². The molecule has 0 saturated carbocycles. The highest BCUT2D eigenvalue weighted by atomic mass is 35.5. The largest absolute Gasteiger partial charge is 0.387 e. The van der Waals surface area contributed by atoms with Gasteiger partial charge in [-0.3, -0.25) is 9.59 Å². The van der Waals surface area contributed by atoms with E-state index in [9.17, 15) is 14.7 Å².